The number of amides is 1. The molecule has 0 bridgehead atoms. The molecule has 3 rings (SSSR count). The summed E-state index contributed by atoms with van der Waals surface area (Å²) in [5.74, 6) is -0.313. The van der Waals surface area contributed by atoms with Crippen molar-refractivity contribution in [1.82, 2.24) is 0 Å². The topological polar surface area (TPSA) is 58.6 Å². The van der Waals surface area contributed by atoms with Crippen molar-refractivity contribution in [3.63, 3.8) is 0 Å². The highest BCUT2D eigenvalue weighted by Crippen LogP contribution is 2.38. The second-order valence-electron chi connectivity index (χ2n) is 5.75. The van der Waals surface area contributed by atoms with Gasteiger partial charge in [0.05, 0.1) is 6.10 Å². The van der Waals surface area contributed by atoms with E-state index in [9.17, 15) is 14.3 Å². The Morgan fingerprint density at radius 1 is 1.22 bits per heavy atom. The average Bonchev–Trinajstić information content (AvgIpc) is 2.52. The molecule has 0 unspecified atom stereocenters. The molecule has 120 valence electrons. The third-order valence-corrected chi connectivity index (χ3v) is 4.01. The molecule has 0 spiro atoms. The first-order valence-electron chi connectivity index (χ1n) is 7.57. The van der Waals surface area contributed by atoms with Crippen molar-refractivity contribution in [1.29, 1.82) is 0 Å². The van der Waals surface area contributed by atoms with Crippen molar-refractivity contribution in [3.8, 4) is 0 Å². The predicted molar refractivity (Wildman–Crippen MR) is 84.6 cm³/mol. The van der Waals surface area contributed by atoms with Gasteiger partial charge in [-0.05, 0) is 42.0 Å². The molecule has 1 aliphatic rings. The molecular weight excluding hydrogens is 297 g/mol. The van der Waals surface area contributed by atoms with Gasteiger partial charge >= 0.3 is 6.09 Å². The maximum absolute atomic E-state index is 14.1. The Bertz CT molecular complexity index is 684. The molecule has 0 saturated heterocycles. The van der Waals surface area contributed by atoms with Crippen LogP contribution in [0, 0.1) is 5.82 Å². The Morgan fingerprint density at radius 2 is 1.96 bits per heavy atom. The largest absolute Gasteiger partial charge is 0.444 e. The third kappa shape index (κ3) is 3.87. The number of benzene rings is 2. The zero-order chi connectivity index (χ0) is 16.2. The number of hydrogen-bond acceptors (Lipinski definition) is 3. The lowest BCUT2D eigenvalue weighted by Crippen LogP contribution is -2.27. The number of halogens is 1. The summed E-state index contributed by atoms with van der Waals surface area (Å²) in [6.07, 6.45) is 0.219. The highest BCUT2D eigenvalue weighted by molar-refractivity contribution is 5.84. The van der Waals surface area contributed by atoms with Gasteiger partial charge in [0.25, 0.3) is 0 Å². The van der Waals surface area contributed by atoms with Crippen LogP contribution in [-0.2, 0) is 11.3 Å². The minimum Gasteiger partial charge on any atom is -0.444 e. The van der Waals surface area contributed by atoms with Gasteiger partial charge in [0.15, 0.2) is 0 Å². The zero-order valence-corrected chi connectivity index (χ0v) is 12.5. The van der Waals surface area contributed by atoms with Gasteiger partial charge in [0.1, 0.15) is 12.4 Å². The van der Waals surface area contributed by atoms with Gasteiger partial charge in [-0.1, -0.05) is 36.4 Å². The van der Waals surface area contributed by atoms with Crippen molar-refractivity contribution >= 4 is 11.8 Å². The van der Waals surface area contributed by atoms with Crippen LogP contribution in [0.1, 0.15) is 29.9 Å². The molecular formula is C18H18FNO3. The van der Waals surface area contributed by atoms with Gasteiger partial charge in [-0.15, -0.1) is 0 Å². The lowest BCUT2D eigenvalue weighted by molar-refractivity contribution is 0.0735. The van der Waals surface area contributed by atoms with Gasteiger partial charge in [0.2, 0.25) is 0 Å². The fourth-order valence-corrected chi connectivity index (χ4v) is 2.65. The summed E-state index contributed by atoms with van der Waals surface area (Å²) >= 11 is 0. The van der Waals surface area contributed by atoms with E-state index in [-0.39, 0.29) is 24.4 Å². The molecule has 2 N–H and O–H groups in total. The van der Waals surface area contributed by atoms with Gasteiger partial charge < -0.3 is 9.84 Å². The maximum atomic E-state index is 14.1. The molecule has 0 atom stereocenters. The quantitative estimate of drug-likeness (QED) is 0.902. The number of hydrogen-bond donors (Lipinski definition) is 2. The predicted octanol–water partition coefficient (Wildman–Crippen LogP) is 3.81. The lowest BCUT2D eigenvalue weighted by Gasteiger charge is -2.32. The number of carbonyl (C=O) groups is 1. The number of rotatable bonds is 4. The van der Waals surface area contributed by atoms with E-state index in [0.717, 1.165) is 5.56 Å². The Kier molecular flexibility index (Phi) is 4.57. The molecule has 0 aliphatic heterocycles. The van der Waals surface area contributed by atoms with Crippen LogP contribution >= 0.6 is 0 Å². The summed E-state index contributed by atoms with van der Waals surface area (Å²) in [5.41, 5.74) is 1.82. The van der Waals surface area contributed by atoms with E-state index in [2.05, 4.69) is 5.32 Å². The second-order valence-corrected chi connectivity index (χ2v) is 5.75. The molecule has 0 radical (unpaired) electrons. The third-order valence-electron chi connectivity index (χ3n) is 4.01. The average molecular weight is 315 g/mol. The normalized spacial score (nSPS) is 19.7. The highest BCUT2D eigenvalue weighted by Gasteiger charge is 2.30. The van der Waals surface area contributed by atoms with Crippen LogP contribution in [0.5, 0.6) is 0 Å². The van der Waals surface area contributed by atoms with Gasteiger partial charge in [-0.3, -0.25) is 5.32 Å². The van der Waals surface area contributed by atoms with Gasteiger partial charge in [-0.2, -0.15) is 0 Å². The molecule has 2 aromatic carbocycles. The molecule has 4 nitrogen and oxygen atoms in total. The Labute approximate surface area is 133 Å². The standard InChI is InChI=1S/C18H18FNO3/c19-17-10-14(6-7-16(17)13-8-15(21)9-13)20-18(22)23-11-12-4-2-1-3-5-12/h1-7,10,13,15,21H,8-9,11H2,(H,20,22). The summed E-state index contributed by atoms with van der Waals surface area (Å²) in [5, 5.41) is 11.8. The summed E-state index contributed by atoms with van der Waals surface area (Å²) in [6.45, 7) is 0.160. The van der Waals surface area contributed by atoms with Gasteiger partial charge in [-0.25, -0.2) is 9.18 Å². The first kappa shape index (κ1) is 15.5. The summed E-state index contributed by atoms with van der Waals surface area (Å²) < 4.78 is 19.2. The molecule has 1 amide bonds. The van der Waals surface area contributed by atoms with Crippen LogP contribution in [-0.4, -0.2) is 17.3 Å². The van der Waals surface area contributed by atoms with Crippen molar-refractivity contribution in [2.45, 2.75) is 31.5 Å². The fraction of sp³-hybridized carbons (Fsp3) is 0.278. The van der Waals surface area contributed by atoms with E-state index in [4.69, 9.17) is 4.74 Å². The van der Waals surface area contributed by atoms with Crippen LogP contribution in [0.15, 0.2) is 48.5 Å². The van der Waals surface area contributed by atoms with Crippen LogP contribution in [0.25, 0.3) is 0 Å². The summed E-state index contributed by atoms with van der Waals surface area (Å²) in [7, 11) is 0. The molecule has 23 heavy (non-hydrogen) atoms. The van der Waals surface area contributed by atoms with Crippen molar-refractivity contribution in [2.24, 2.45) is 0 Å². The van der Waals surface area contributed by atoms with E-state index >= 15 is 0 Å². The Morgan fingerprint density at radius 3 is 2.61 bits per heavy atom. The molecule has 1 saturated carbocycles. The summed E-state index contributed by atoms with van der Waals surface area (Å²) in [4.78, 5) is 11.7. The van der Waals surface area contributed by atoms with Crippen LogP contribution in [0.4, 0.5) is 14.9 Å². The van der Waals surface area contributed by atoms with Crippen molar-refractivity contribution in [3.05, 3.63) is 65.5 Å². The van der Waals surface area contributed by atoms with E-state index in [1.807, 2.05) is 30.3 Å². The van der Waals surface area contributed by atoms with E-state index < -0.39 is 6.09 Å². The van der Waals surface area contributed by atoms with Crippen LogP contribution < -0.4 is 5.32 Å². The number of anilines is 1. The molecule has 2 aromatic rings. The minimum atomic E-state index is -0.625. The first-order valence-corrected chi connectivity index (χ1v) is 7.57. The number of carbonyl (C=O) groups excluding carboxylic acids is 1. The summed E-state index contributed by atoms with van der Waals surface area (Å²) in [6, 6.07) is 13.9. The molecule has 1 fully saturated rings. The van der Waals surface area contributed by atoms with Crippen LogP contribution in [0.3, 0.4) is 0 Å². The van der Waals surface area contributed by atoms with Crippen molar-refractivity contribution in [2.75, 3.05) is 5.32 Å². The minimum absolute atomic E-state index is 0.0593. The molecule has 1 aliphatic carbocycles. The molecule has 0 aromatic heterocycles. The smallest absolute Gasteiger partial charge is 0.411 e. The SMILES string of the molecule is O=C(Nc1ccc(C2CC(O)C2)c(F)c1)OCc1ccccc1. The number of aliphatic hydroxyl groups excluding tert-OH is 1. The Balaban J connectivity index is 1.55. The van der Waals surface area contributed by atoms with E-state index in [0.29, 0.717) is 24.1 Å². The number of nitrogens with one attached hydrogen (secondary N) is 1. The molecule has 5 heteroatoms. The number of ether oxygens (including phenoxy) is 1. The van der Waals surface area contributed by atoms with Gasteiger partial charge in [0, 0.05) is 5.69 Å². The van der Waals surface area contributed by atoms with E-state index in [1.54, 1.807) is 12.1 Å². The van der Waals surface area contributed by atoms with Crippen molar-refractivity contribution < 1.29 is 19.0 Å². The fourth-order valence-electron chi connectivity index (χ4n) is 2.65. The second kappa shape index (κ2) is 6.79. The monoisotopic (exact) mass is 315 g/mol. The Hall–Kier alpha value is -2.40. The zero-order valence-electron chi connectivity index (χ0n) is 12.5. The first-order chi connectivity index (χ1) is 11.1. The maximum Gasteiger partial charge on any atom is 0.411 e. The highest BCUT2D eigenvalue weighted by atomic mass is 19.1. The van der Waals surface area contributed by atoms with E-state index in [1.165, 1.54) is 6.07 Å². The molecule has 0 heterocycles. The number of aliphatic hydroxyl groups is 1. The van der Waals surface area contributed by atoms with Crippen LogP contribution in [0.2, 0.25) is 0 Å². The lowest BCUT2D eigenvalue weighted by atomic mass is 9.77.